The van der Waals surface area contributed by atoms with E-state index in [1.165, 1.54) is 0 Å². The van der Waals surface area contributed by atoms with Crippen LogP contribution in [0.2, 0.25) is 5.02 Å². The van der Waals surface area contributed by atoms with Crippen molar-refractivity contribution in [1.82, 2.24) is 9.80 Å². The number of carbonyl (C=O) groups excluding carboxylic acids is 1. The van der Waals surface area contributed by atoms with Crippen molar-refractivity contribution in [2.24, 2.45) is 5.92 Å². The number of aliphatic hydroxyl groups is 1. The molecule has 0 bridgehead atoms. The Kier molecular flexibility index (Phi) is 5.01. The lowest BCUT2D eigenvalue weighted by Crippen LogP contribution is -2.51. The van der Waals surface area contributed by atoms with Crippen LogP contribution in [-0.4, -0.2) is 59.6 Å². The Morgan fingerprint density at radius 2 is 1.91 bits per heavy atom. The van der Waals surface area contributed by atoms with Crippen LogP contribution in [0.15, 0.2) is 24.3 Å². The molecule has 2 aliphatic rings. The zero-order valence-electron chi connectivity index (χ0n) is 12.7. The van der Waals surface area contributed by atoms with Crippen LogP contribution in [0.25, 0.3) is 0 Å². The average Bonchev–Trinajstić information content (AvgIpc) is 3.35. The minimum atomic E-state index is -0.189. The first-order chi connectivity index (χ1) is 10.6. The van der Waals surface area contributed by atoms with Crippen LogP contribution in [0, 0.1) is 5.92 Å². The van der Waals surface area contributed by atoms with Gasteiger partial charge >= 0.3 is 0 Å². The van der Waals surface area contributed by atoms with Crippen molar-refractivity contribution in [2.45, 2.75) is 25.4 Å². The third kappa shape index (κ3) is 4.00. The summed E-state index contributed by atoms with van der Waals surface area (Å²) in [7, 11) is 0. The molecular weight excluding hydrogens is 300 g/mol. The minimum Gasteiger partial charge on any atom is -0.392 e. The number of hydrogen-bond acceptors (Lipinski definition) is 3. The molecule has 1 unspecified atom stereocenters. The SMILES string of the molecule is O=C(Cc1ccccc1Cl)N1CCN(CC(O)C2CC2)CC1. The molecule has 1 saturated carbocycles. The summed E-state index contributed by atoms with van der Waals surface area (Å²) in [6.45, 7) is 3.91. The predicted octanol–water partition coefficient (Wildman–Crippen LogP) is 1.80. The summed E-state index contributed by atoms with van der Waals surface area (Å²) in [5, 5.41) is 10.7. The van der Waals surface area contributed by atoms with E-state index in [1.54, 1.807) is 0 Å². The molecule has 5 heteroatoms. The quantitative estimate of drug-likeness (QED) is 0.899. The van der Waals surface area contributed by atoms with E-state index in [4.69, 9.17) is 11.6 Å². The average molecular weight is 323 g/mol. The van der Waals surface area contributed by atoms with E-state index in [0.717, 1.165) is 51.1 Å². The van der Waals surface area contributed by atoms with E-state index < -0.39 is 0 Å². The summed E-state index contributed by atoms with van der Waals surface area (Å²) in [5.41, 5.74) is 0.890. The number of benzene rings is 1. The highest BCUT2D eigenvalue weighted by Crippen LogP contribution is 2.32. The summed E-state index contributed by atoms with van der Waals surface area (Å²) in [4.78, 5) is 16.5. The molecule has 22 heavy (non-hydrogen) atoms. The summed E-state index contributed by atoms with van der Waals surface area (Å²) in [6, 6.07) is 7.51. The van der Waals surface area contributed by atoms with Gasteiger partial charge in [-0.15, -0.1) is 0 Å². The van der Waals surface area contributed by atoms with E-state index in [1.807, 2.05) is 29.2 Å². The molecule has 1 aromatic carbocycles. The van der Waals surface area contributed by atoms with Crippen LogP contribution >= 0.6 is 11.6 Å². The fraction of sp³-hybridized carbons (Fsp3) is 0.588. The standard InChI is InChI=1S/C17H23ClN2O2/c18-15-4-2-1-3-14(15)11-17(22)20-9-7-19(8-10-20)12-16(21)13-5-6-13/h1-4,13,16,21H,5-12H2. The maximum absolute atomic E-state index is 12.4. The van der Waals surface area contributed by atoms with E-state index in [9.17, 15) is 9.90 Å². The van der Waals surface area contributed by atoms with Gasteiger partial charge in [-0.25, -0.2) is 0 Å². The van der Waals surface area contributed by atoms with E-state index in [-0.39, 0.29) is 12.0 Å². The van der Waals surface area contributed by atoms with Gasteiger partial charge < -0.3 is 10.0 Å². The van der Waals surface area contributed by atoms with Gasteiger partial charge in [0.1, 0.15) is 0 Å². The summed E-state index contributed by atoms with van der Waals surface area (Å²) >= 11 is 6.12. The number of halogens is 1. The summed E-state index contributed by atoms with van der Waals surface area (Å²) < 4.78 is 0. The van der Waals surface area contributed by atoms with Crippen LogP contribution in [0.5, 0.6) is 0 Å². The fourth-order valence-electron chi connectivity index (χ4n) is 2.99. The maximum Gasteiger partial charge on any atom is 0.227 e. The molecule has 3 rings (SSSR count). The Hall–Kier alpha value is -1.10. The van der Waals surface area contributed by atoms with E-state index in [2.05, 4.69) is 4.90 Å². The third-order valence-electron chi connectivity index (χ3n) is 4.64. The van der Waals surface area contributed by atoms with Crippen LogP contribution in [-0.2, 0) is 11.2 Å². The van der Waals surface area contributed by atoms with E-state index in [0.29, 0.717) is 17.4 Å². The van der Waals surface area contributed by atoms with Crippen molar-refractivity contribution in [1.29, 1.82) is 0 Å². The van der Waals surface area contributed by atoms with Crippen molar-refractivity contribution in [3.63, 3.8) is 0 Å². The summed E-state index contributed by atoms with van der Waals surface area (Å²) in [6.07, 6.45) is 2.50. The largest absolute Gasteiger partial charge is 0.392 e. The number of nitrogens with zero attached hydrogens (tertiary/aromatic N) is 2. The lowest BCUT2D eigenvalue weighted by Gasteiger charge is -2.35. The van der Waals surface area contributed by atoms with Crippen LogP contribution < -0.4 is 0 Å². The molecule has 4 nitrogen and oxygen atoms in total. The number of amides is 1. The smallest absolute Gasteiger partial charge is 0.227 e. The molecule has 0 radical (unpaired) electrons. The highest BCUT2D eigenvalue weighted by Gasteiger charge is 2.32. The molecule has 120 valence electrons. The molecule has 1 N–H and O–H groups in total. The number of carbonyl (C=O) groups is 1. The first-order valence-electron chi connectivity index (χ1n) is 8.05. The first-order valence-corrected chi connectivity index (χ1v) is 8.43. The maximum atomic E-state index is 12.4. The Morgan fingerprint density at radius 1 is 1.23 bits per heavy atom. The van der Waals surface area contributed by atoms with Gasteiger partial charge in [-0.1, -0.05) is 29.8 Å². The zero-order valence-corrected chi connectivity index (χ0v) is 13.5. The van der Waals surface area contributed by atoms with Gasteiger partial charge in [0.2, 0.25) is 5.91 Å². The third-order valence-corrected chi connectivity index (χ3v) is 5.00. The zero-order chi connectivity index (χ0) is 15.5. The normalized spacial score (nSPS) is 20.9. The Balaban J connectivity index is 1.46. The monoisotopic (exact) mass is 322 g/mol. The molecule has 2 fully saturated rings. The highest BCUT2D eigenvalue weighted by atomic mass is 35.5. The van der Waals surface area contributed by atoms with Crippen molar-refractivity contribution in [2.75, 3.05) is 32.7 Å². The molecule has 1 saturated heterocycles. The van der Waals surface area contributed by atoms with Crippen molar-refractivity contribution >= 4 is 17.5 Å². The topological polar surface area (TPSA) is 43.8 Å². The van der Waals surface area contributed by atoms with Gasteiger partial charge in [-0.2, -0.15) is 0 Å². The number of piperazine rings is 1. The van der Waals surface area contributed by atoms with Crippen LogP contribution in [0.3, 0.4) is 0 Å². The van der Waals surface area contributed by atoms with Crippen LogP contribution in [0.1, 0.15) is 18.4 Å². The molecule has 0 aromatic heterocycles. The second-order valence-corrected chi connectivity index (χ2v) is 6.76. The molecule has 1 amide bonds. The molecular formula is C17H23ClN2O2. The van der Waals surface area contributed by atoms with Crippen molar-refractivity contribution < 1.29 is 9.90 Å². The molecule has 1 heterocycles. The lowest BCUT2D eigenvalue weighted by atomic mass is 10.1. The van der Waals surface area contributed by atoms with Gasteiger partial charge in [0.25, 0.3) is 0 Å². The van der Waals surface area contributed by atoms with Gasteiger partial charge in [0, 0.05) is 37.7 Å². The Morgan fingerprint density at radius 3 is 2.55 bits per heavy atom. The number of rotatable bonds is 5. The van der Waals surface area contributed by atoms with Gasteiger partial charge in [0.15, 0.2) is 0 Å². The molecule has 1 aliphatic heterocycles. The van der Waals surface area contributed by atoms with Gasteiger partial charge in [-0.05, 0) is 30.4 Å². The first kappa shape index (κ1) is 15.8. The second-order valence-electron chi connectivity index (χ2n) is 6.35. The number of hydrogen-bond donors (Lipinski definition) is 1. The molecule has 1 aliphatic carbocycles. The molecule has 1 atom stereocenters. The van der Waals surface area contributed by atoms with Gasteiger partial charge in [0.05, 0.1) is 12.5 Å². The van der Waals surface area contributed by atoms with Crippen LogP contribution in [0.4, 0.5) is 0 Å². The van der Waals surface area contributed by atoms with Crippen molar-refractivity contribution in [3.05, 3.63) is 34.9 Å². The van der Waals surface area contributed by atoms with Crippen molar-refractivity contribution in [3.8, 4) is 0 Å². The Bertz CT molecular complexity index is 525. The number of β-amino-alcohol motifs (C(OH)–C–C–N with tert-alkyl or cyclic N) is 1. The second kappa shape index (κ2) is 6.99. The molecule has 1 aromatic rings. The minimum absolute atomic E-state index is 0.135. The fourth-order valence-corrected chi connectivity index (χ4v) is 3.19. The van der Waals surface area contributed by atoms with E-state index >= 15 is 0 Å². The predicted molar refractivity (Wildman–Crippen MR) is 86.9 cm³/mol. The highest BCUT2D eigenvalue weighted by molar-refractivity contribution is 6.31. The lowest BCUT2D eigenvalue weighted by molar-refractivity contribution is -0.132. The Labute approximate surface area is 136 Å². The molecule has 0 spiro atoms. The summed E-state index contributed by atoms with van der Waals surface area (Å²) in [5.74, 6) is 0.648. The van der Waals surface area contributed by atoms with Gasteiger partial charge in [-0.3, -0.25) is 9.69 Å². The number of aliphatic hydroxyl groups excluding tert-OH is 1.